The maximum absolute atomic E-state index is 12.2. The Morgan fingerprint density at radius 3 is 2.40 bits per heavy atom. The number of fused-ring (bicyclic) bond motifs is 1. The summed E-state index contributed by atoms with van der Waals surface area (Å²) in [5.74, 6) is -0.192. The normalized spacial score (nSPS) is 10.4. The Hall–Kier alpha value is -2.95. The number of amides is 1. The maximum atomic E-state index is 12.2. The van der Waals surface area contributed by atoms with Gasteiger partial charge in [0, 0.05) is 29.3 Å². The molecule has 0 atom stereocenters. The fourth-order valence-electron chi connectivity index (χ4n) is 1.87. The van der Waals surface area contributed by atoms with Crippen LogP contribution in [0.1, 0.15) is 10.4 Å². The van der Waals surface area contributed by atoms with Gasteiger partial charge in [0.05, 0.1) is 11.0 Å². The number of nitrogens with two attached hydrogens (primary N) is 1. The van der Waals surface area contributed by atoms with Crippen LogP contribution in [0.15, 0.2) is 54.9 Å². The minimum atomic E-state index is -0.192. The Bertz CT molecular complexity index is 768. The topological polar surface area (TPSA) is 80.9 Å². The van der Waals surface area contributed by atoms with Crippen LogP contribution in [0, 0.1) is 0 Å². The molecule has 5 heteroatoms. The van der Waals surface area contributed by atoms with Crippen molar-refractivity contribution in [3.05, 3.63) is 60.4 Å². The molecule has 3 rings (SSSR count). The highest BCUT2D eigenvalue weighted by Crippen LogP contribution is 2.14. The first kappa shape index (κ1) is 12.1. The first-order chi connectivity index (χ1) is 9.72. The molecule has 0 saturated carbocycles. The van der Waals surface area contributed by atoms with Crippen LogP contribution in [0.4, 0.5) is 11.4 Å². The van der Waals surface area contributed by atoms with Gasteiger partial charge in [-0.1, -0.05) is 0 Å². The molecule has 0 aliphatic rings. The molecule has 20 heavy (non-hydrogen) atoms. The average molecular weight is 264 g/mol. The summed E-state index contributed by atoms with van der Waals surface area (Å²) >= 11 is 0. The molecule has 0 fully saturated rings. The zero-order chi connectivity index (χ0) is 13.9. The van der Waals surface area contributed by atoms with Gasteiger partial charge in [0.1, 0.15) is 0 Å². The van der Waals surface area contributed by atoms with Crippen molar-refractivity contribution in [3.63, 3.8) is 0 Å². The van der Waals surface area contributed by atoms with Gasteiger partial charge >= 0.3 is 0 Å². The summed E-state index contributed by atoms with van der Waals surface area (Å²) in [7, 11) is 0. The lowest BCUT2D eigenvalue weighted by Gasteiger charge is -2.06. The predicted molar refractivity (Wildman–Crippen MR) is 78.3 cm³/mol. The van der Waals surface area contributed by atoms with E-state index in [1.165, 1.54) is 0 Å². The van der Waals surface area contributed by atoms with Gasteiger partial charge in [0.15, 0.2) is 0 Å². The maximum Gasteiger partial charge on any atom is 0.255 e. The van der Waals surface area contributed by atoms with Crippen LogP contribution in [0.5, 0.6) is 0 Å². The van der Waals surface area contributed by atoms with Gasteiger partial charge in [-0.05, 0) is 42.5 Å². The number of anilines is 2. The number of hydrogen-bond acceptors (Lipinski definition) is 4. The molecule has 0 aliphatic carbocycles. The highest BCUT2D eigenvalue weighted by atomic mass is 16.1. The molecular weight excluding hydrogens is 252 g/mol. The molecule has 0 radical (unpaired) electrons. The third kappa shape index (κ3) is 2.42. The van der Waals surface area contributed by atoms with Crippen molar-refractivity contribution in [3.8, 4) is 0 Å². The molecule has 1 amide bonds. The van der Waals surface area contributed by atoms with Gasteiger partial charge in [-0.15, -0.1) is 0 Å². The molecule has 3 aromatic rings. The molecule has 0 unspecified atom stereocenters. The summed E-state index contributed by atoms with van der Waals surface area (Å²) in [6.45, 7) is 0. The van der Waals surface area contributed by atoms with E-state index in [1.807, 2.05) is 0 Å². The zero-order valence-electron chi connectivity index (χ0n) is 10.6. The van der Waals surface area contributed by atoms with E-state index < -0.39 is 0 Å². The summed E-state index contributed by atoms with van der Waals surface area (Å²) in [5, 5.41) is 2.81. The fraction of sp³-hybridized carbons (Fsp3) is 0. The number of nitrogens with one attached hydrogen (secondary N) is 1. The summed E-state index contributed by atoms with van der Waals surface area (Å²) in [5.41, 5.74) is 8.95. The fourth-order valence-corrected chi connectivity index (χ4v) is 1.87. The first-order valence-electron chi connectivity index (χ1n) is 6.10. The molecule has 5 nitrogen and oxygen atoms in total. The highest BCUT2D eigenvalue weighted by Gasteiger charge is 2.07. The van der Waals surface area contributed by atoms with Gasteiger partial charge in [0.2, 0.25) is 0 Å². The molecule has 1 heterocycles. The minimum absolute atomic E-state index is 0.192. The Kier molecular flexibility index (Phi) is 3.01. The van der Waals surface area contributed by atoms with Crippen LogP contribution in [0.2, 0.25) is 0 Å². The lowest BCUT2D eigenvalue weighted by Crippen LogP contribution is -2.11. The van der Waals surface area contributed by atoms with E-state index in [0.717, 1.165) is 5.52 Å². The van der Waals surface area contributed by atoms with Crippen molar-refractivity contribution in [2.24, 2.45) is 0 Å². The number of hydrogen-bond donors (Lipinski definition) is 2. The van der Waals surface area contributed by atoms with Gasteiger partial charge in [-0.2, -0.15) is 0 Å². The standard InChI is InChI=1S/C15H12N4O/c16-11-2-4-12(5-3-11)19-15(20)10-1-6-13-14(9-10)18-8-7-17-13/h1-9H,16H2,(H,19,20). The molecule has 98 valence electrons. The molecule has 0 spiro atoms. The van der Waals surface area contributed by atoms with Crippen molar-refractivity contribution in [2.45, 2.75) is 0 Å². The number of carbonyl (C=O) groups excluding carboxylic acids is 1. The molecule has 0 bridgehead atoms. The van der Waals surface area contributed by atoms with E-state index >= 15 is 0 Å². The smallest absolute Gasteiger partial charge is 0.255 e. The third-order valence-corrected chi connectivity index (χ3v) is 2.90. The van der Waals surface area contributed by atoms with Gasteiger partial charge in [-0.25, -0.2) is 0 Å². The third-order valence-electron chi connectivity index (χ3n) is 2.90. The number of carbonyl (C=O) groups is 1. The lowest BCUT2D eigenvalue weighted by molar-refractivity contribution is 0.102. The summed E-state index contributed by atoms with van der Waals surface area (Å²) < 4.78 is 0. The van der Waals surface area contributed by atoms with E-state index in [9.17, 15) is 4.79 Å². The first-order valence-corrected chi connectivity index (χ1v) is 6.10. The van der Waals surface area contributed by atoms with Crippen molar-refractivity contribution in [2.75, 3.05) is 11.1 Å². The van der Waals surface area contributed by atoms with Crippen molar-refractivity contribution >= 4 is 28.3 Å². The summed E-state index contributed by atoms with van der Waals surface area (Å²) in [6.07, 6.45) is 3.22. The number of rotatable bonds is 2. The van der Waals surface area contributed by atoms with E-state index in [1.54, 1.807) is 54.9 Å². The number of nitrogen functional groups attached to an aromatic ring is 1. The van der Waals surface area contributed by atoms with Crippen LogP contribution < -0.4 is 11.1 Å². The van der Waals surface area contributed by atoms with Crippen LogP contribution >= 0.6 is 0 Å². The predicted octanol–water partition coefficient (Wildman–Crippen LogP) is 2.46. The Morgan fingerprint density at radius 1 is 0.950 bits per heavy atom. The molecule has 1 aromatic heterocycles. The largest absolute Gasteiger partial charge is 0.399 e. The molecule has 0 aliphatic heterocycles. The SMILES string of the molecule is Nc1ccc(NC(=O)c2ccc3nccnc3c2)cc1. The van der Waals surface area contributed by atoms with Crippen molar-refractivity contribution in [1.82, 2.24) is 9.97 Å². The van der Waals surface area contributed by atoms with E-state index in [2.05, 4.69) is 15.3 Å². The Labute approximate surface area is 115 Å². The average Bonchev–Trinajstić information content (AvgIpc) is 2.49. The number of benzene rings is 2. The summed E-state index contributed by atoms with van der Waals surface area (Å²) in [6, 6.07) is 12.2. The molecular formula is C15H12N4O. The van der Waals surface area contributed by atoms with Crippen LogP contribution in [0.3, 0.4) is 0 Å². The second-order valence-corrected chi connectivity index (χ2v) is 4.34. The Balaban J connectivity index is 1.86. The second kappa shape index (κ2) is 4.97. The van der Waals surface area contributed by atoms with E-state index in [-0.39, 0.29) is 5.91 Å². The van der Waals surface area contributed by atoms with Gasteiger partial charge in [0.25, 0.3) is 5.91 Å². The molecule has 2 aromatic carbocycles. The van der Waals surface area contributed by atoms with Gasteiger partial charge < -0.3 is 11.1 Å². The number of aromatic nitrogens is 2. The number of nitrogens with zero attached hydrogens (tertiary/aromatic N) is 2. The molecule has 3 N–H and O–H groups in total. The lowest BCUT2D eigenvalue weighted by atomic mass is 10.1. The Morgan fingerprint density at radius 2 is 1.65 bits per heavy atom. The second-order valence-electron chi connectivity index (χ2n) is 4.34. The van der Waals surface area contributed by atoms with E-state index in [4.69, 9.17) is 5.73 Å². The van der Waals surface area contributed by atoms with Crippen LogP contribution in [0.25, 0.3) is 11.0 Å². The molecule has 0 saturated heterocycles. The zero-order valence-corrected chi connectivity index (χ0v) is 10.6. The minimum Gasteiger partial charge on any atom is -0.399 e. The van der Waals surface area contributed by atoms with Crippen LogP contribution in [-0.4, -0.2) is 15.9 Å². The van der Waals surface area contributed by atoms with Crippen LogP contribution in [-0.2, 0) is 0 Å². The van der Waals surface area contributed by atoms with Crippen molar-refractivity contribution in [1.29, 1.82) is 0 Å². The highest BCUT2D eigenvalue weighted by molar-refractivity contribution is 6.05. The summed E-state index contributed by atoms with van der Waals surface area (Å²) in [4.78, 5) is 20.5. The monoisotopic (exact) mass is 264 g/mol. The quantitative estimate of drug-likeness (QED) is 0.697. The van der Waals surface area contributed by atoms with Crippen molar-refractivity contribution < 1.29 is 4.79 Å². The van der Waals surface area contributed by atoms with Gasteiger partial charge in [-0.3, -0.25) is 14.8 Å². The van der Waals surface area contributed by atoms with E-state index in [0.29, 0.717) is 22.5 Å².